The van der Waals surface area contributed by atoms with Crippen molar-refractivity contribution in [1.82, 2.24) is 4.57 Å². The third-order valence-electron chi connectivity index (χ3n) is 2.44. The van der Waals surface area contributed by atoms with Crippen molar-refractivity contribution >= 4 is 10.9 Å². The van der Waals surface area contributed by atoms with E-state index in [-0.39, 0.29) is 6.10 Å². The number of fused-ring (bicyclic) bond motifs is 1. The molecular weight excluding hydrogens is 190 g/mol. The lowest BCUT2D eigenvalue weighted by Gasteiger charge is -2.07. The zero-order valence-corrected chi connectivity index (χ0v) is 8.97. The van der Waals surface area contributed by atoms with E-state index in [1.54, 1.807) is 14.0 Å². The van der Waals surface area contributed by atoms with Crippen molar-refractivity contribution < 1.29 is 9.84 Å². The van der Waals surface area contributed by atoms with Crippen LogP contribution < -0.4 is 4.74 Å². The van der Waals surface area contributed by atoms with Gasteiger partial charge in [-0.25, -0.2) is 0 Å². The van der Waals surface area contributed by atoms with E-state index in [1.165, 1.54) is 0 Å². The Morgan fingerprint density at radius 2 is 2.20 bits per heavy atom. The summed E-state index contributed by atoms with van der Waals surface area (Å²) in [6, 6.07) is 7.96. The van der Waals surface area contributed by atoms with Gasteiger partial charge in [0.1, 0.15) is 5.75 Å². The molecule has 0 aliphatic heterocycles. The van der Waals surface area contributed by atoms with E-state index < -0.39 is 0 Å². The summed E-state index contributed by atoms with van der Waals surface area (Å²) in [6.07, 6.45) is 1.65. The van der Waals surface area contributed by atoms with Gasteiger partial charge in [0.2, 0.25) is 0 Å². The lowest BCUT2D eigenvalue weighted by molar-refractivity contribution is 0.175. The largest absolute Gasteiger partial charge is 0.497 e. The van der Waals surface area contributed by atoms with E-state index in [0.29, 0.717) is 6.54 Å². The van der Waals surface area contributed by atoms with Gasteiger partial charge in [0.05, 0.1) is 13.2 Å². The fourth-order valence-corrected chi connectivity index (χ4v) is 1.75. The molecule has 0 aliphatic rings. The zero-order chi connectivity index (χ0) is 10.8. The highest BCUT2D eigenvalue weighted by Crippen LogP contribution is 2.21. The normalized spacial score (nSPS) is 13.0. The summed E-state index contributed by atoms with van der Waals surface area (Å²) in [6.45, 7) is 2.41. The van der Waals surface area contributed by atoms with Gasteiger partial charge in [-0.1, -0.05) is 0 Å². The summed E-state index contributed by atoms with van der Waals surface area (Å²) in [4.78, 5) is 0. The Hall–Kier alpha value is -1.48. The SMILES string of the molecule is COc1ccc2c(ccn2CC(C)O)c1. The van der Waals surface area contributed by atoms with E-state index in [1.807, 2.05) is 35.0 Å². The first-order chi connectivity index (χ1) is 7.20. The molecule has 0 radical (unpaired) electrons. The van der Waals surface area contributed by atoms with Crippen LogP contribution in [-0.2, 0) is 6.54 Å². The van der Waals surface area contributed by atoms with Crippen LogP contribution in [0.4, 0.5) is 0 Å². The third-order valence-corrected chi connectivity index (χ3v) is 2.44. The molecule has 1 aromatic carbocycles. The fraction of sp³-hybridized carbons (Fsp3) is 0.333. The highest BCUT2D eigenvalue weighted by molar-refractivity contribution is 5.81. The average molecular weight is 205 g/mol. The van der Waals surface area contributed by atoms with Crippen LogP contribution >= 0.6 is 0 Å². The molecule has 2 rings (SSSR count). The van der Waals surface area contributed by atoms with Crippen molar-refractivity contribution in [1.29, 1.82) is 0 Å². The molecule has 1 heterocycles. The number of methoxy groups -OCH3 is 1. The van der Waals surface area contributed by atoms with Crippen molar-refractivity contribution in [2.75, 3.05) is 7.11 Å². The van der Waals surface area contributed by atoms with Crippen LogP contribution in [0.5, 0.6) is 5.75 Å². The Morgan fingerprint density at radius 3 is 2.87 bits per heavy atom. The molecule has 80 valence electrons. The summed E-state index contributed by atoms with van der Waals surface area (Å²) in [5.74, 6) is 0.859. The first-order valence-electron chi connectivity index (χ1n) is 5.01. The molecule has 15 heavy (non-hydrogen) atoms. The molecule has 1 N–H and O–H groups in total. The van der Waals surface area contributed by atoms with Gasteiger partial charge in [0.15, 0.2) is 0 Å². The van der Waals surface area contributed by atoms with Crippen molar-refractivity contribution in [2.45, 2.75) is 19.6 Å². The van der Waals surface area contributed by atoms with Gasteiger partial charge >= 0.3 is 0 Å². The lowest BCUT2D eigenvalue weighted by Crippen LogP contribution is -2.10. The van der Waals surface area contributed by atoms with Crippen LogP contribution in [0.1, 0.15) is 6.92 Å². The number of hydrogen-bond acceptors (Lipinski definition) is 2. The van der Waals surface area contributed by atoms with E-state index in [2.05, 4.69) is 0 Å². The molecule has 0 amide bonds. The van der Waals surface area contributed by atoms with Crippen LogP contribution in [0.15, 0.2) is 30.5 Å². The number of aliphatic hydroxyl groups excluding tert-OH is 1. The molecule has 0 bridgehead atoms. The number of hydrogen-bond donors (Lipinski definition) is 1. The molecule has 1 aromatic heterocycles. The summed E-state index contributed by atoms with van der Waals surface area (Å²) < 4.78 is 7.20. The van der Waals surface area contributed by atoms with Gasteiger partial charge in [0, 0.05) is 23.6 Å². The van der Waals surface area contributed by atoms with E-state index in [4.69, 9.17) is 4.74 Å². The Balaban J connectivity index is 2.43. The topological polar surface area (TPSA) is 34.4 Å². The van der Waals surface area contributed by atoms with E-state index >= 15 is 0 Å². The van der Waals surface area contributed by atoms with Crippen LogP contribution in [0, 0.1) is 0 Å². The first-order valence-corrected chi connectivity index (χ1v) is 5.01. The summed E-state index contributed by atoms with van der Waals surface area (Å²) in [5.41, 5.74) is 1.12. The molecule has 0 saturated carbocycles. The summed E-state index contributed by atoms with van der Waals surface area (Å²) in [5, 5.41) is 10.5. The molecule has 0 fully saturated rings. The van der Waals surface area contributed by atoms with Gasteiger partial charge < -0.3 is 14.4 Å². The monoisotopic (exact) mass is 205 g/mol. The average Bonchev–Trinajstić information content (AvgIpc) is 2.60. The van der Waals surface area contributed by atoms with Gasteiger partial charge in [-0.15, -0.1) is 0 Å². The maximum atomic E-state index is 9.34. The predicted octanol–water partition coefficient (Wildman–Crippen LogP) is 2.03. The highest BCUT2D eigenvalue weighted by atomic mass is 16.5. The zero-order valence-electron chi connectivity index (χ0n) is 8.97. The number of benzene rings is 1. The Morgan fingerprint density at radius 1 is 1.40 bits per heavy atom. The lowest BCUT2D eigenvalue weighted by atomic mass is 10.2. The quantitative estimate of drug-likeness (QED) is 0.832. The molecular formula is C12H15NO2. The van der Waals surface area contributed by atoms with Gasteiger partial charge in [0.25, 0.3) is 0 Å². The van der Waals surface area contributed by atoms with Gasteiger partial charge in [-0.05, 0) is 31.2 Å². The molecule has 2 aromatic rings. The second kappa shape index (κ2) is 3.95. The minimum Gasteiger partial charge on any atom is -0.497 e. The molecule has 3 nitrogen and oxygen atoms in total. The second-order valence-electron chi connectivity index (χ2n) is 3.74. The van der Waals surface area contributed by atoms with Crippen molar-refractivity contribution in [3.05, 3.63) is 30.5 Å². The van der Waals surface area contributed by atoms with Gasteiger partial charge in [-0.2, -0.15) is 0 Å². The summed E-state index contributed by atoms with van der Waals surface area (Å²) >= 11 is 0. The number of aromatic nitrogens is 1. The van der Waals surface area contributed by atoms with Crippen molar-refractivity contribution in [2.24, 2.45) is 0 Å². The van der Waals surface area contributed by atoms with E-state index in [9.17, 15) is 5.11 Å². The number of nitrogens with zero attached hydrogens (tertiary/aromatic N) is 1. The molecule has 0 spiro atoms. The Bertz CT molecular complexity index is 460. The van der Waals surface area contributed by atoms with Crippen molar-refractivity contribution in [3.8, 4) is 5.75 Å². The maximum absolute atomic E-state index is 9.34. The van der Waals surface area contributed by atoms with Crippen LogP contribution in [-0.4, -0.2) is 22.9 Å². The molecule has 3 heteroatoms. The van der Waals surface area contributed by atoms with Crippen LogP contribution in [0.2, 0.25) is 0 Å². The molecule has 1 atom stereocenters. The van der Waals surface area contributed by atoms with Crippen molar-refractivity contribution in [3.63, 3.8) is 0 Å². The minimum atomic E-state index is -0.331. The van der Waals surface area contributed by atoms with Gasteiger partial charge in [-0.3, -0.25) is 0 Å². The first kappa shape index (κ1) is 10.1. The molecule has 0 aliphatic carbocycles. The highest BCUT2D eigenvalue weighted by Gasteiger charge is 2.04. The maximum Gasteiger partial charge on any atom is 0.119 e. The van der Waals surface area contributed by atoms with Crippen LogP contribution in [0.3, 0.4) is 0 Å². The second-order valence-corrected chi connectivity index (χ2v) is 3.74. The minimum absolute atomic E-state index is 0.331. The summed E-state index contributed by atoms with van der Waals surface area (Å²) in [7, 11) is 1.66. The number of ether oxygens (including phenoxy) is 1. The van der Waals surface area contributed by atoms with E-state index in [0.717, 1.165) is 16.7 Å². The molecule has 1 unspecified atom stereocenters. The van der Waals surface area contributed by atoms with Crippen LogP contribution in [0.25, 0.3) is 10.9 Å². The number of rotatable bonds is 3. The smallest absolute Gasteiger partial charge is 0.119 e. The predicted molar refractivity (Wildman–Crippen MR) is 60.2 cm³/mol. The molecule has 0 saturated heterocycles. The Labute approximate surface area is 88.9 Å². The fourth-order valence-electron chi connectivity index (χ4n) is 1.75. The Kier molecular flexibility index (Phi) is 2.64. The standard InChI is InChI=1S/C12H15NO2/c1-9(14)8-13-6-5-10-7-11(15-2)3-4-12(10)13/h3-7,9,14H,8H2,1-2H3. The number of aliphatic hydroxyl groups is 1. The third kappa shape index (κ3) is 1.97.